The van der Waals surface area contributed by atoms with Gasteiger partial charge in [0.1, 0.15) is 16.9 Å². The van der Waals surface area contributed by atoms with E-state index < -0.39 is 15.5 Å². The third-order valence-corrected chi connectivity index (χ3v) is 6.68. The summed E-state index contributed by atoms with van der Waals surface area (Å²) in [5.41, 5.74) is 3.72. The van der Waals surface area contributed by atoms with Crippen molar-refractivity contribution in [1.82, 2.24) is 0 Å². The highest BCUT2D eigenvalue weighted by molar-refractivity contribution is 7.87. The van der Waals surface area contributed by atoms with Gasteiger partial charge in [-0.2, -0.15) is 0 Å². The lowest BCUT2D eigenvalue weighted by Crippen LogP contribution is -2.38. The van der Waals surface area contributed by atoms with Gasteiger partial charge in [0, 0.05) is 11.3 Å². The minimum atomic E-state index is -1.21. The fraction of sp³-hybridized carbons (Fsp3) is 0.350. The fourth-order valence-electron chi connectivity index (χ4n) is 3.43. The number of ether oxygens (including phenoxy) is 1. The van der Waals surface area contributed by atoms with Crippen LogP contribution in [0.4, 0.5) is 0 Å². The third-order valence-electron chi connectivity index (χ3n) is 4.88. The second-order valence-corrected chi connectivity index (χ2v) is 9.06. The molecule has 4 rings (SSSR count). The molecule has 0 saturated heterocycles. The Bertz CT molecular complexity index is 839. The maximum atomic E-state index is 13.1. The van der Waals surface area contributed by atoms with Gasteiger partial charge in [-0.25, -0.2) is 4.99 Å². The van der Waals surface area contributed by atoms with E-state index in [-0.39, 0.29) is 12.1 Å². The zero-order valence-electron chi connectivity index (χ0n) is 14.2. The van der Waals surface area contributed by atoms with Crippen molar-refractivity contribution < 1.29 is 8.95 Å². The highest BCUT2D eigenvalue weighted by atomic mass is 32.2. The van der Waals surface area contributed by atoms with Gasteiger partial charge in [0.25, 0.3) is 0 Å². The predicted molar refractivity (Wildman–Crippen MR) is 96.9 cm³/mol. The Kier molecular flexibility index (Phi) is 3.61. The van der Waals surface area contributed by atoms with E-state index >= 15 is 0 Å². The lowest BCUT2D eigenvalue weighted by molar-refractivity contribution is 0.198. The molecule has 2 aromatic rings. The standard InChI is InChI=1S/C20H21NO2S/c1-13-8-10-15(11-9-13)24(22)20(2,3)19-21-18-16-7-5-4-6-14(16)12-17(18)23-19/h4-11,17-18H,12H2,1-3H3/t17-,18+,24+/m1/s1. The van der Waals surface area contributed by atoms with Crippen molar-refractivity contribution in [2.24, 2.45) is 4.99 Å². The number of nitrogens with zero attached hydrogens (tertiary/aromatic N) is 1. The summed E-state index contributed by atoms with van der Waals surface area (Å²) in [7, 11) is -1.21. The first-order valence-electron chi connectivity index (χ1n) is 8.28. The molecule has 0 unspecified atom stereocenters. The zero-order valence-corrected chi connectivity index (χ0v) is 15.0. The van der Waals surface area contributed by atoms with Gasteiger partial charge in [0.05, 0.1) is 10.8 Å². The molecule has 0 radical (unpaired) electrons. The van der Waals surface area contributed by atoms with Crippen LogP contribution in [0.15, 0.2) is 58.4 Å². The number of hydrogen-bond donors (Lipinski definition) is 0. The molecule has 3 nitrogen and oxygen atoms in total. The van der Waals surface area contributed by atoms with Gasteiger partial charge >= 0.3 is 0 Å². The van der Waals surface area contributed by atoms with E-state index in [4.69, 9.17) is 9.73 Å². The molecular weight excluding hydrogens is 318 g/mol. The quantitative estimate of drug-likeness (QED) is 0.848. The van der Waals surface area contributed by atoms with Crippen molar-refractivity contribution >= 4 is 16.7 Å². The highest BCUT2D eigenvalue weighted by Gasteiger charge is 2.45. The van der Waals surface area contributed by atoms with Crippen LogP contribution in [-0.2, 0) is 22.0 Å². The van der Waals surface area contributed by atoms with Crippen LogP contribution in [0, 0.1) is 6.92 Å². The van der Waals surface area contributed by atoms with E-state index in [2.05, 4.69) is 18.2 Å². The molecule has 0 saturated carbocycles. The SMILES string of the molecule is Cc1ccc([S@](=O)C(C)(C)C2=N[C@H]3c4ccccc4C[C@H]3O2)cc1. The number of rotatable bonds is 3. The van der Waals surface area contributed by atoms with Gasteiger partial charge in [-0.15, -0.1) is 0 Å². The van der Waals surface area contributed by atoms with Gasteiger partial charge in [0.2, 0.25) is 5.90 Å². The highest BCUT2D eigenvalue weighted by Crippen LogP contribution is 2.42. The summed E-state index contributed by atoms with van der Waals surface area (Å²) in [6.07, 6.45) is 0.924. The molecule has 0 N–H and O–H groups in total. The molecule has 0 aromatic heterocycles. The Morgan fingerprint density at radius 1 is 1.12 bits per heavy atom. The molecule has 2 aromatic carbocycles. The first kappa shape index (κ1) is 15.6. The van der Waals surface area contributed by atoms with Crippen molar-refractivity contribution in [2.75, 3.05) is 0 Å². The Hall–Kier alpha value is -1.94. The monoisotopic (exact) mass is 339 g/mol. The lowest BCUT2D eigenvalue weighted by Gasteiger charge is -2.24. The van der Waals surface area contributed by atoms with E-state index in [9.17, 15) is 4.21 Å². The van der Waals surface area contributed by atoms with Crippen molar-refractivity contribution in [2.45, 2.75) is 49.0 Å². The third kappa shape index (κ3) is 2.40. The molecule has 1 aliphatic heterocycles. The Morgan fingerprint density at radius 3 is 2.58 bits per heavy atom. The molecule has 124 valence electrons. The molecule has 1 heterocycles. The van der Waals surface area contributed by atoms with Crippen molar-refractivity contribution in [3.8, 4) is 0 Å². The maximum absolute atomic E-state index is 13.1. The van der Waals surface area contributed by atoms with Crippen LogP contribution in [-0.4, -0.2) is 21.0 Å². The van der Waals surface area contributed by atoms with E-state index in [1.54, 1.807) is 0 Å². The minimum absolute atomic E-state index is 0.0468. The average molecular weight is 339 g/mol. The molecular formula is C20H21NO2S. The number of fused-ring (bicyclic) bond motifs is 3. The van der Waals surface area contributed by atoms with Crippen molar-refractivity contribution in [3.63, 3.8) is 0 Å². The van der Waals surface area contributed by atoms with Crippen LogP contribution in [0.25, 0.3) is 0 Å². The molecule has 0 bridgehead atoms. The van der Waals surface area contributed by atoms with E-state index in [0.717, 1.165) is 16.9 Å². The smallest absolute Gasteiger partial charge is 0.203 e. The molecule has 2 aliphatic rings. The molecule has 0 fully saturated rings. The van der Waals surface area contributed by atoms with Gasteiger partial charge in [-0.05, 0) is 44.0 Å². The first-order valence-corrected chi connectivity index (χ1v) is 9.43. The number of aryl methyl sites for hydroxylation is 1. The average Bonchev–Trinajstić information content (AvgIpc) is 3.13. The van der Waals surface area contributed by atoms with Gasteiger partial charge in [-0.1, -0.05) is 42.0 Å². The van der Waals surface area contributed by atoms with E-state index in [1.165, 1.54) is 11.1 Å². The molecule has 24 heavy (non-hydrogen) atoms. The van der Waals surface area contributed by atoms with Crippen LogP contribution < -0.4 is 0 Å². The fourth-order valence-corrected chi connectivity index (χ4v) is 4.66. The van der Waals surface area contributed by atoms with Gasteiger partial charge in [0.15, 0.2) is 0 Å². The van der Waals surface area contributed by atoms with Crippen LogP contribution in [0.1, 0.15) is 36.6 Å². The largest absolute Gasteiger partial charge is 0.474 e. The first-order chi connectivity index (χ1) is 11.5. The number of aliphatic imine (C=N–C) groups is 1. The normalized spacial score (nSPS) is 23.2. The molecule has 1 aliphatic carbocycles. The molecule has 3 atom stereocenters. The minimum Gasteiger partial charge on any atom is -0.474 e. The van der Waals surface area contributed by atoms with E-state index in [1.807, 2.05) is 51.1 Å². The zero-order chi connectivity index (χ0) is 16.9. The lowest BCUT2D eigenvalue weighted by atomic mass is 10.1. The van der Waals surface area contributed by atoms with Crippen LogP contribution in [0.3, 0.4) is 0 Å². The summed E-state index contributed by atoms with van der Waals surface area (Å²) in [5, 5.41) is 0. The molecule has 0 spiro atoms. The number of hydrogen-bond acceptors (Lipinski definition) is 3. The van der Waals surface area contributed by atoms with E-state index in [0.29, 0.717) is 5.90 Å². The van der Waals surface area contributed by atoms with Crippen LogP contribution >= 0.6 is 0 Å². The number of benzene rings is 2. The summed E-state index contributed by atoms with van der Waals surface area (Å²) in [6.45, 7) is 5.93. The second-order valence-electron chi connectivity index (χ2n) is 7.03. The molecule has 0 amide bonds. The molecule has 4 heteroatoms. The second kappa shape index (κ2) is 5.55. The maximum Gasteiger partial charge on any atom is 0.203 e. The summed E-state index contributed by atoms with van der Waals surface area (Å²) in [4.78, 5) is 5.64. The van der Waals surface area contributed by atoms with Crippen molar-refractivity contribution in [3.05, 3.63) is 65.2 Å². The predicted octanol–water partition coefficient (Wildman–Crippen LogP) is 3.98. The Labute approximate surface area is 145 Å². The summed E-state index contributed by atoms with van der Waals surface area (Å²) in [6, 6.07) is 16.3. The summed E-state index contributed by atoms with van der Waals surface area (Å²) < 4.78 is 18.6. The summed E-state index contributed by atoms with van der Waals surface area (Å²) >= 11 is 0. The Balaban J connectivity index is 1.64. The summed E-state index contributed by atoms with van der Waals surface area (Å²) in [5.74, 6) is 0.617. The van der Waals surface area contributed by atoms with Crippen molar-refractivity contribution in [1.29, 1.82) is 0 Å². The Morgan fingerprint density at radius 2 is 1.83 bits per heavy atom. The van der Waals surface area contributed by atoms with Gasteiger partial charge < -0.3 is 4.74 Å². The van der Waals surface area contributed by atoms with Crippen LogP contribution in [0.2, 0.25) is 0 Å². The van der Waals surface area contributed by atoms with Crippen LogP contribution in [0.5, 0.6) is 0 Å². The van der Waals surface area contributed by atoms with Gasteiger partial charge in [-0.3, -0.25) is 4.21 Å². The topological polar surface area (TPSA) is 38.7 Å².